The van der Waals surface area contributed by atoms with E-state index in [1.165, 1.54) is 54.9 Å². The Balaban J connectivity index is 1.08. The minimum Gasteiger partial charge on any atom is -0.455 e. The highest BCUT2D eigenvalue weighted by Gasteiger charge is 2.25. The fourth-order valence-electron chi connectivity index (χ4n) is 9.53. The van der Waals surface area contributed by atoms with Gasteiger partial charge in [-0.05, 0) is 90.8 Å². The summed E-state index contributed by atoms with van der Waals surface area (Å²) in [5.74, 6) is 0.737. The van der Waals surface area contributed by atoms with Gasteiger partial charge in [0.1, 0.15) is 22.3 Å². The topological polar surface area (TPSA) is 26.3 Å². The summed E-state index contributed by atoms with van der Waals surface area (Å²) in [5.41, 5.74) is 13.1. The average Bonchev–Trinajstić information content (AvgIpc) is 3.84. The molecule has 0 bridgehead atoms. The minimum atomic E-state index is 0.345. The lowest BCUT2D eigenvalue weighted by molar-refractivity contribution is 0.663. The lowest BCUT2D eigenvalue weighted by Crippen LogP contribution is -2.14. The summed E-state index contributed by atoms with van der Waals surface area (Å²) in [5, 5.41) is 9.22. The first-order valence-corrected chi connectivity index (χ1v) is 19.4. The number of furan rings is 2. The number of allylic oxidation sites excluding steroid dienone is 8. The second-order valence-corrected chi connectivity index (χ2v) is 15.1. The van der Waals surface area contributed by atoms with Gasteiger partial charge in [-0.2, -0.15) is 0 Å². The molecule has 0 aliphatic heterocycles. The smallest absolute Gasteiger partial charge is 0.147 e. The molecule has 0 radical (unpaired) electrons. The molecule has 262 valence electrons. The van der Waals surface area contributed by atoms with Crippen molar-refractivity contribution < 1.29 is 8.83 Å². The molecular formula is C54H34O2. The first-order valence-electron chi connectivity index (χ1n) is 19.4. The van der Waals surface area contributed by atoms with Crippen molar-refractivity contribution in [1.82, 2.24) is 0 Å². The van der Waals surface area contributed by atoms with Crippen LogP contribution in [0.1, 0.15) is 5.56 Å². The van der Waals surface area contributed by atoms with E-state index < -0.39 is 0 Å². The van der Waals surface area contributed by atoms with E-state index >= 15 is 0 Å². The van der Waals surface area contributed by atoms with Crippen LogP contribution < -0.4 is 0 Å². The number of hydrogen-bond acceptors (Lipinski definition) is 2. The van der Waals surface area contributed by atoms with Crippen LogP contribution in [-0.4, -0.2) is 0 Å². The van der Waals surface area contributed by atoms with Crippen LogP contribution in [0.2, 0.25) is 0 Å². The van der Waals surface area contributed by atoms with Crippen molar-refractivity contribution in [3.8, 4) is 33.4 Å². The summed E-state index contributed by atoms with van der Waals surface area (Å²) in [6.07, 6.45) is 15.8. The highest BCUT2D eigenvalue weighted by Crippen LogP contribution is 2.48. The van der Waals surface area contributed by atoms with E-state index in [-0.39, 0.29) is 0 Å². The minimum absolute atomic E-state index is 0.345. The number of hydrogen-bond donors (Lipinski definition) is 0. The van der Waals surface area contributed by atoms with Gasteiger partial charge in [0.05, 0.1) is 5.39 Å². The van der Waals surface area contributed by atoms with E-state index in [1.54, 1.807) is 0 Å². The van der Waals surface area contributed by atoms with Gasteiger partial charge in [-0.1, -0.05) is 164 Å². The van der Waals surface area contributed by atoms with Gasteiger partial charge < -0.3 is 8.83 Å². The van der Waals surface area contributed by atoms with E-state index in [9.17, 15) is 0 Å². The van der Waals surface area contributed by atoms with Crippen molar-refractivity contribution in [2.24, 2.45) is 11.8 Å². The first-order chi connectivity index (χ1) is 27.8. The summed E-state index contributed by atoms with van der Waals surface area (Å²) in [6, 6.07) is 54.9. The van der Waals surface area contributed by atoms with Crippen molar-refractivity contribution in [2.45, 2.75) is 0 Å². The molecule has 12 rings (SSSR count). The van der Waals surface area contributed by atoms with E-state index in [2.05, 4.69) is 170 Å². The Bertz CT molecular complexity index is 3320. The van der Waals surface area contributed by atoms with Gasteiger partial charge in [0.15, 0.2) is 0 Å². The molecule has 10 aromatic rings. The monoisotopic (exact) mass is 714 g/mol. The van der Waals surface area contributed by atoms with E-state index in [4.69, 9.17) is 8.83 Å². The molecule has 2 atom stereocenters. The van der Waals surface area contributed by atoms with Crippen molar-refractivity contribution in [3.63, 3.8) is 0 Å². The van der Waals surface area contributed by atoms with E-state index in [1.807, 2.05) is 24.3 Å². The molecule has 0 spiro atoms. The Labute approximate surface area is 323 Å². The highest BCUT2D eigenvalue weighted by atomic mass is 16.3. The second-order valence-electron chi connectivity index (χ2n) is 15.1. The Kier molecular flexibility index (Phi) is 6.79. The predicted molar refractivity (Wildman–Crippen MR) is 235 cm³/mol. The third kappa shape index (κ3) is 4.63. The zero-order chi connectivity index (χ0) is 36.7. The number of para-hydroxylation sites is 2. The Morgan fingerprint density at radius 2 is 0.893 bits per heavy atom. The fraction of sp³-hybridized carbons (Fsp3) is 0.0370. The summed E-state index contributed by atoms with van der Waals surface area (Å²) in [7, 11) is 0. The third-order valence-corrected chi connectivity index (χ3v) is 12.0. The Hall–Kier alpha value is -7.16. The maximum absolute atomic E-state index is 6.70. The SMILES string of the molecule is C1=CC2C=CC=C(c3cccc(-c4c5ccccc5c(-c5cccc(-c6cc7c8ccccc8oc7c7c6oc6ccccc67)c5)c5ccccc45)c3)C2C=C1. The molecular weight excluding hydrogens is 681 g/mol. The number of benzene rings is 8. The van der Waals surface area contributed by atoms with Crippen LogP contribution in [0.4, 0.5) is 0 Å². The van der Waals surface area contributed by atoms with Crippen molar-refractivity contribution in [3.05, 3.63) is 200 Å². The van der Waals surface area contributed by atoms with Crippen LogP contribution in [-0.2, 0) is 0 Å². The van der Waals surface area contributed by atoms with Gasteiger partial charge in [-0.15, -0.1) is 0 Å². The molecule has 0 saturated heterocycles. The van der Waals surface area contributed by atoms with Gasteiger partial charge in [0.2, 0.25) is 0 Å². The Morgan fingerprint density at radius 1 is 0.375 bits per heavy atom. The predicted octanol–water partition coefficient (Wildman–Crippen LogP) is 15.1. The molecule has 56 heavy (non-hydrogen) atoms. The van der Waals surface area contributed by atoms with Crippen LogP contribution >= 0.6 is 0 Å². The second kappa shape index (κ2) is 12.2. The molecule has 2 aliphatic carbocycles. The molecule has 2 aromatic heterocycles. The van der Waals surface area contributed by atoms with Gasteiger partial charge in [-0.3, -0.25) is 0 Å². The molecule has 2 unspecified atom stereocenters. The van der Waals surface area contributed by atoms with Gasteiger partial charge >= 0.3 is 0 Å². The van der Waals surface area contributed by atoms with Gasteiger partial charge in [-0.25, -0.2) is 0 Å². The zero-order valence-electron chi connectivity index (χ0n) is 30.4. The van der Waals surface area contributed by atoms with Crippen molar-refractivity contribution in [2.75, 3.05) is 0 Å². The molecule has 0 saturated carbocycles. The van der Waals surface area contributed by atoms with Gasteiger partial charge in [0, 0.05) is 33.6 Å². The van der Waals surface area contributed by atoms with Crippen LogP contribution in [0.5, 0.6) is 0 Å². The Morgan fingerprint density at radius 3 is 1.59 bits per heavy atom. The lowest BCUT2D eigenvalue weighted by Gasteiger charge is -2.27. The van der Waals surface area contributed by atoms with Gasteiger partial charge in [0.25, 0.3) is 0 Å². The maximum atomic E-state index is 6.70. The summed E-state index contributed by atoms with van der Waals surface area (Å²) in [6.45, 7) is 0. The number of fused-ring (bicyclic) bond motifs is 10. The van der Waals surface area contributed by atoms with Crippen LogP contribution in [0.3, 0.4) is 0 Å². The van der Waals surface area contributed by atoms with E-state index in [0.29, 0.717) is 11.8 Å². The normalized spacial score (nSPS) is 16.5. The molecule has 2 nitrogen and oxygen atoms in total. The molecule has 2 heteroatoms. The van der Waals surface area contributed by atoms with Crippen molar-refractivity contribution in [1.29, 1.82) is 0 Å². The molecule has 2 aliphatic rings. The molecule has 0 amide bonds. The summed E-state index contributed by atoms with van der Waals surface area (Å²) < 4.78 is 13.3. The first kappa shape index (κ1) is 31.2. The zero-order valence-corrected chi connectivity index (χ0v) is 30.4. The average molecular weight is 715 g/mol. The van der Waals surface area contributed by atoms with E-state index in [0.717, 1.165) is 55.0 Å². The molecule has 8 aromatic carbocycles. The third-order valence-electron chi connectivity index (χ3n) is 12.0. The van der Waals surface area contributed by atoms with Crippen LogP contribution in [0.15, 0.2) is 203 Å². The summed E-state index contributed by atoms with van der Waals surface area (Å²) >= 11 is 0. The molecule has 0 fully saturated rings. The molecule has 2 heterocycles. The lowest BCUT2D eigenvalue weighted by atomic mass is 9.76. The quantitative estimate of drug-likeness (QED) is 0.170. The highest BCUT2D eigenvalue weighted by molar-refractivity contribution is 6.26. The van der Waals surface area contributed by atoms with Crippen LogP contribution in [0.25, 0.3) is 104 Å². The molecule has 0 N–H and O–H groups in total. The maximum Gasteiger partial charge on any atom is 0.147 e. The summed E-state index contributed by atoms with van der Waals surface area (Å²) in [4.78, 5) is 0. The van der Waals surface area contributed by atoms with Crippen LogP contribution in [0, 0.1) is 11.8 Å². The number of rotatable bonds is 4. The standard InChI is InChI=1S/C54H34O2/c1-2-20-38-33(14-1)15-13-27-39(38)34-16-11-18-36(30-34)50-41-22-3-5-24-43(41)51(44-25-6-4-23-42(44)50)37-19-12-17-35(31-37)46-32-47-40-21-7-9-28-48(40)55-54(47)52-45-26-8-10-29-49(45)56-53(46)52/h1-33,38H. The largest absolute Gasteiger partial charge is 0.455 e. The van der Waals surface area contributed by atoms with Crippen molar-refractivity contribution >= 4 is 71.0 Å². The fourth-order valence-corrected chi connectivity index (χ4v) is 9.53.